The molecule has 0 heterocycles. The zero-order valence-electron chi connectivity index (χ0n) is 15.1. The van der Waals surface area contributed by atoms with E-state index < -0.39 is 0 Å². The van der Waals surface area contributed by atoms with Gasteiger partial charge in [0.15, 0.2) is 0 Å². The van der Waals surface area contributed by atoms with E-state index in [-0.39, 0.29) is 0 Å². The highest BCUT2D eigenvalue weighted by molar-refractivity contribution is 7.98. The number of rotatable bonds is 9. The van der Waals surface area contributed by atoms with Gasteiger partial charge in [-0.25, -0.2) is 0 Å². The maximum Gasteiger partial charge on any atom is 0.0180 e. The van der Waals surface area contributed by atoms with E-state index in [1.807, 2.05) is 11.8 Å². The van der Waals surface area contributed by atoms with Crippen molar-refractivity contribution < 1.29 is 0 Å². The molecule has 0 spiro atoms. The smallest absolute Gasteiger partial charge is 0.0180 e. The lowest BCUT2D eigenvalue weighted by atomic mass is 9.79. The van der Waals surface area contributed by atoms with Crippen LogP contribution in [0.1, 0.15) is 65.7 Å². The van der Waals surface area contributed by atoms with Crippen molar-refractivity contribution in [3.8, 4) is 0 Å². The second-order valence-electron chi connectivity index (χ2n) is 7.38. The summed E-state index contributed by atoms with van der Waals surface area (Å²) in [5, 5.41) is 3.75. The van der Waals surface area contributed by atoms with E-state index in [4.69, 9.17) is 0 Å². The van der Waals surface area contributed by atoms with Crippen molar-refractivity contribution in [2.45, 2.75) is 77.8 Å². The van der Waals surface area contributed by atoms with E-state index in [2.05, 4.69) is 44.3 Å². The van der Waals surface area contributed by atoms with E-state index >= 15 is 0 Å². The monoisotopic (exact) mass is 314 g/mol. The van der Waals surface area contributed by atoms with Gasteiger partial charge in [-0.2, -0.15) is 11.8 Å². The first-order valence-corrected chi connectivity index (χ1v) is 10.3. The molecule has 0 aliphatic heterocycles. The summed E-state index contributed by atoms with van der Waals surface area (Å²) in [6, 6.07) is 1.34. The molecule has 1 unspecified atom stereocenters. The van der Waals surface area contributed by atoms with Gasteiger partial charge in [-0.3, -0.25) is 0 Å². The van der Waals surface area contributed by atoms with Crippen molar-refractivity contribution in [1.29, 1.82) is 0 Å². The third-order valence-corrected chi connectivity index (χ3v) is 5.81. The van der Waals surface area contributed by atoms with Crippen molar-refractivity contribution in [2.24, 2.45) is 5.41 Å². The van der Waals surface area contributed by atoms with Crippen LogP contribution < -0.4 is 5.32 Å². The van der Waals surface area contributed by atoms with Crippen LogP contribution in [-0.4, -0.2) is 49.1 Å². The van der Waals surface area contributed by atoms with Crippen LogP contribution >= 0.6 is 11.8 Å². The van der Waals surface area contributed by atoms with Crippen LogP contribution in [0.4, 0.5) is 0 Å². The summed E-state index contributed by atoms with van der Waals surface area (Å²) in [5.41, 5.74) is 0.501. The van der Waals surface area contributed by atoms with E-state index in [0.717, 1.165) is 6.04 Å². The molecule has 0 radical (unpaired) electrons. The number of nitrogens with one attached hydrogen (secondary N) is 1. The van der Waals surface area contributed by atoms with Crippen LogP contribution in [0.2, 0.25) is 0 Å². The standard InChI is InChI=1S/C18H38N2S/c1-6-17(13-21-5)20(4)15-18(14-19-16(2)3)11-9-7-8-10-12-18/h16-17,19H,6-15H2,1-5H3. The maximum atomic E-state index is 3.75. The molecule has 0 amide bonds. The molecule has 126 valence electrons. The zero-order valence-corrected chi connectivity index (χ0v) is 15.9. The van der Waals surface area contributed by atoms with Gasteiger partial charge < -0.3 is 10.2 Å². The Morgan fingerprint density at radius 3 is 2.24 bits per heavy atom. The van der Waals surface area contributed by atoms with Gasteiger partial charge in [0.1, 0.15) is 0 Å². The van der Waals surface area contributed by atoms with Gasteiger partial charge in [-0.05, 0) is 38.0 Å². The largest absolute Gasteiger partial charge is 0.314 e. The van der Waals surface area contributed by atoms with E-state index in [9.17, 15) is 0 Å². The average Bonchev–Trinajstić information content (AvgIpc) is 2.68. The van der Waals surface area contributed by atoms with E-state index in [1.165, 1.54) is 63.8 Å². The molecule has 1 aliphatic rings. The van der Waals surface area contributed by atoms with Crippen LogP contribution in [0.15, 0.2) is 0 Å². The molecule has 2 nitrogen and oxygen atoms in total. The Kier molecular flexibility index (Phi) is 9.31. The fourth-order valence-corrected chi connectivity index (χ4v) is 4.57. The number of hydrogen-bond donors (Lipinski definition) is 1. The lowest BCUT2D eigenvalue weighted by Crippen LogP contribution is -2.47. The molecular weight excluding hydrogens is 276 g/mol. The van der Waals surface area contributed by atoms with Gasteiger partial charge in [0.05, 0.1) is 0 Å². The number of thioether (sulfide) groups is 1. The van der Waals surface area contributed by atoms with Gasteiger partial charge in [-0.15, -0.1) is 0 Å². The minimum absolute atomic E-state index is 0.501. The minimum atomic E-state index is 0.501. The van der Waals surface area contributed by atoms with Gasteiger partial charge in [-0.1, -0.05) is 46.5 Å². The van der Waals surface area contributed by atoms with E-state index in [1.54, 1.807) is 0 Å². The summed E-state index contributed by atoms with van der Waals surface area (Å²) < 4.78 is 0. The Bertz CT molecular complexity index is 260. The van der Waals surface area contributed by atoms with Crippen molar-refractivity contribution in [1.82, 2.24) is 10.2 Å². The molecule has 0 aromatic carbocycles. The average molecular weight is 315 g/mol. The molecule has 1 aliphatic carbocycles. The lowest BCUT2D eigenvalue weighted by molar-refractivity contribution is 0.118. The zero-order chi connectivity index (χ0) is 15.7. The molecule has 0 bridgehead atoms. The number of hydrogen-bond acceptors (Lipinski definition) is 3. The molecular formula is C18H38N2S. The van der Waals surface area contributed by atoms with Gasteiger partial charge >= 0.3 is 0 Å². The number of nitrogens with zero attached hydrogens (tertiary/aromatic N) is 1. The Balaban J connectivity index is 2.70. The quantitative estimate of drug-likeness (QED) is 0.635. The lowest BCUT2D eigenvalue weighted by Gasteiger charge is -2.40. The summed E-state index contributed by atoms with van der Waals surface area (Å²) in [5.74, 6) is 1.26. The Labute approximate surface area is 137 Å². The van der Waals surface area contributed by atoms with Crippen molar-refractivity contribution >= 4 is 11.8 Å². The highest BCUT2D eigenvalue weighted by atomic mass is 32.2. The fourth-order valence-electron chi connectivity index (χ4n) is 3.70. The SMILES string of the molecule is CCC(CSC)N(C)CC1(CNC(C)C)CCCCCC1. The predicted octanol–water partition coefficient (Wildman–Crippen LogP) is 4.40. The molecule has 1 fully saturated rings. The van der Waals surface area contributed by atoms with Crippen LogP contribution in [-0.2, 0) is 0 Å². The second-order valence-corrected chi connectivity index (χ2v) is 8.29. The first-order chi connectivity index (χ1) is 10.0. The van der Waals surface area contributed by atoms with Gasteiger partial charge in [0.2, 0.25) is 0 Å². The predicted molar refractivity (Wildman–Crippen MR) is 98.4 cm³/mol. The minimum Gasteiger partial charge on any atom is -0.314 e. The molecule has 0 saturated heterocycles. The maximum absolute atomic E-state index is 3.75. The topological polar surface area (TPSA) is 15.3 Å². The third kappa shape index (κ3) is 6.92. The van der Waals surface area contributed by atoms with Crippen LogP contribution in [0.25, 0.3) is 0 Å². The van der Waals surface area contributed by atoms with Crippen LogP contribution in [0, 0.1) is 5.41 Å². The summed E-state index contributed by atoms with van der Waals surface area (Å²) in [6.45, 7) is 9.35. The summed E-state index contributed by atoms with van der Waals surface area (Å²) >= 11 is 1.99. The summed E-state index contributed by atoms with van der Waals surface area (Å²) in [7, 11) is 2.35. The van der Waals surface area contributed by atoms with Crippen LogP contribution in [0.3, 0.4) is 0 Å². The molecule has 0 aromatic heterocycles. The second kappa shape index (κ2) is 10.1. The van der Waals surface area contributed by atoms with Crippen LogP contribution in [0.5, 0.6) is 0 Å². The van der Waals surface area contributed by atoms with Gasteiger partial charge in [0.25, 0.3) is 0 Å². The van der Waals surface area contributed by atoms with Crippen molar-refractivity contribution in [3.63, 3.8) is 0 Å². The van der Waals surface area contributed by atoms with Gasteiger partial charge in [0, 0.05) is 30.9 Å². The molecule has 3 heteroatoms. The summed E-state index contributed by atoms with van der Waals surface area (Å²) in [4.78, 5) is 2.66. The van der Waals surface area contributed by atoms with Crippen molar-refractivity contribution in [2.75, 3.05) is 32.1 Å². The first kappa shape index (κ1) is 19.3. The molecule has 21 heavy (non-hydrogen) atoms. The summed E-state index contributed by atoms with van der Waals surface area (Å²) in [6.07, 6.45) is 12.0. The molecule has 1 rings (SSSR count). The molecule has 0 aromatic rings. The molecule has 1 N–H and O–H groups in total. The highest BCUT2D eigenvalue weighted by Crippen LogP contribution is 2.36. The van der Waals surface area contributed by atoms with Crippen molar-refractivity contribution in [3.05, 3.63) is 0 Å². The molecule has 1 atom stereocenters. The normalized spacial score (nSPS) is 20.7. The Morgan fingerprint density at radius 2 is 1.76 bits per heavy atom. The first-order valence-electron chi connectivity index (χ1n) is 8.95. The van der Waals surface area contributed by atoms with E-state index in [0.29, 0.717) is 11.5 Å². The Morgan fingerprint density at radius 1 is 1.14 bits per heavy atom. The molecule has 1 saturated carbocycles. The highest BCUT2D eigenvalue weighted by Gasteiger charge is 2.33. The fraction of sp³-hybridized carbons (Fsp3) is 1.00. The third-order valence-electron chi connectivity index (χ3n) is 5.09. The Hall–Kier alpha value is 0.270.